The molecule has 0 spiro atoms. The van der Waals surface area contributed by atoms with Crippen molar-refractivity contribution >= 4 is 17.8 Å². The van der Waals surface area contributed by atoms with Gasteiger partial charge < -0.3 is 10.4 Å². The lowest BCUT2D eigenvalue weighted by Gasteiger charge is -2.14. The van der Waals surface area contributed by atoms with Crippen molar-refractivity contribution in [3.05, 3.63) is 86.2 Å². The number of aliphatic hydroxyl groups excluding tert-OH is 1. The van der Waals surface area contributed by atoms with Crippen molar-refractivity contribution in [3.63, 3.8) is 0 Å². The van der Waals surface area contributed by atoms with Crippen molar-refractivity contribution in [1.82, 2.24) is 0 Å². The standard InChI is InChI=1S/C21H19NO3/c1-14(23)13-22-19-18(20(24)21(19)25)17-11-9-16(10-12-17)8-7-15-5-3-2-4-6-15/h2-12,14,22-23H,13H2,1H3. The van der Waals surface area contributed by atoms with E-state index in [0.717, 1.165) is 11.1 Å². The molecule has 3 aromatic rings. The van der Waals surface area contributed by atoms with E-state index in [4.69, 9.17) is 0 Å². The maximum Gasteiger partial charge on any atom is 0.250 e. The van der Waals surface area contributed by atoms with Crippen LogP contribution in [0.3, 0.4) is 0 Å². The summed E-state index contributed by atoms with van der Waals surface area (Å²) in [7, 11) is 0. The molecular weight excluding hydrogens is 314 g/mol. The summed E-state index contributed by atoms with van der Waals surface area (Å²) in [6.07, 6.45) is 3.42. The summed E-state index contributed by atoms with van der Waals surface area (Å²) in [5.41, 5.74) is 2.49. The monoisotopic (exact) mass is 333 g/mol. The molecule has 1 unspecified atom stereocenters. The van der Waals surface area contributed by atoms with E-state index in [1.165, 1.54) is 0 Å². The van der Waals surface area contributed by atoms with Crippen LogP contribution in [0.4, 0.5) is 5.69 Å². The van der Waals surface area contributed by atoms with Crippen LogP contribution in [-0.4, -0.2) is 17.8 Å². The van der Waals surface area contributed by atoms with Gasteiger partial charge in [0.15, 0.2) is 0 Å². The van der Waals surface area contributed by atoms with E-state index in [1.807, 2.05) is 66.7 Å². The number of benzene rings is 2. The lowest BCUT2D eigenvalue weighted by atomic mass is 9.97. The Bertz CT molecular complexity index is 947. The molecule has 0 aliphatic carbocycles. The molecule has 0 amide bonds. The zero-order valence-electron chi connectivity index (χ0n) is 13.9. The quantitative estimate of drug-likeness (QED) is 0.538. The zero-order valence-corrected chi connectivity index (χ0v) is 13.9. The molecule has 25 heavy (non-hydrogen) atoms. The molecule has 4 heteroatoms. The number of hydrogen-bond donors (Lipinski definition) is 2. The van der Waals surface area contributed by atoms with Crippen molar-refractivity contribution in [3.8, 4) is 11.1 Å². The molecular formula is C21H19NO3. The predicted octanol–water partition coefficient (Wildman–Crippen LogP) is 2.91. The van der Waals surface area contributed by atoms with Crippen LogP contribution >= 0.6 is 0 Å². The Balaban J connectivity index is 1.79. The Hall–Kier alpha value is -2.98. The van der Waals surface area contributed by atoms with Crippen LogP contribution in [0.2, 0.25) is 0 Å². The molecule has 2 N–H and O–H groups in total. The topological polar surface area (TPSA) is 66.4 Å². The fourth-order valence-corrected chi connectivity index (χ4v) is 2.60. The molecule has 0 saturated heterocycles. The smallest absolute Gasteiger partial charge is 0.250 e. The second-order valence-corrected chi connectivity index (χ2v) is 6.00. The second-order valence-electron chi connectivity index (χ2n) is 6.00. The van der Waals surface area contributed by atoms with Gasteiger partial charge in [0, 0.05) is 6.54 Å². The first-order valence-corrected chi connectivity index (χ1v) is 8.15. The average molecular weight is 333 g/mol. The van der Waals surface area contributed by atoms with Crippen LogP contribution < -0.4 is 16.2 Å². The summed E-state index contributed by atoms with van der Waals surface area (Å²) in [6.45, 7) is 1.85. The van der Waals surface area contributed by atoms with Crippen LogP contribution in [0.15, 0.2) is 64.2 Å². The Labute approximate surface area is 145 Å². The van der Waals surface area contributed by atoms with E-state index in [1.54, 1.807) is 6.92 Å². The summed E-state index contributed by atoms with van der Waals surface area (Å²) >= 11 is 0. The van der Waals surface area contributed by atoms with E-state index in [-0.39, 0.29) is 6.54 Å². The van der Waals surface area contributed by atoms with E-state index in [2.05, 4.69) is 5.32 Å². The molecule has 3 aromatic carbocycles. The Morgan fingerprint density at radius 2 is 1.52 bits per heavy atom. The second kappa shape index (κ2) is 7.28. The van der Waals surface area contributed by atoms with Crippen LogP contribution in [0.1, 0.15) is 18.1 Å². The Kier molecular flexibility index (Phi) is 4.91. The number of rotatable bonds is 6. The summed E-state index contributed by atoms with van der Waals surface area (Å²) in [5.74, 6) is 0. The number of anilines is 1. The Morgan fingerprint density at radius 3 is 2.12 bits per heavy atom. The third-order valence-corrected chi connectivity index (χ3v) is 3.95. The summed E-state index contributed by atoms with van der Waals surface area (Å²) in [4.78, 5) is 23.6. The van der Waals surface area contributed by atoms with Gasteiger partial charge in [0.2, 0.25) is 10.9 Å². The minimum Gasteiger partial charge on any atom is -0.392 e. The van der Waals surface area contributed by atoms with Crippen LogP contribution in [-0.2, 0) is 0 Å². The normalized spacial score (nSPS) is 12.6. The Morgan fingerprint density at radius 1 is 0.920 bits per heavy atom. The van der Waals surface area contributed by atoms with E-state index < -0.39 is 17.0 Å². The van der Waals surface area contributed by atoms with Crippen molar-refractivity contribution < 1.29 is 5.11 Å². The molecule has 3 rings (SSSR count). The van der Waals surface area contributed by atoms with E-state index >= 15 is 0 Å². The molecule has 4 nitrogen and oxygen atoms in total. The minimum atomic E-state index is -0.595. The van der Waals surface area contributed by atoms with E-state index in [0.29, 0.717) is 16.8 Å². The predicted molar refractivity (Wildman–Crippen MR) is 102 cm³/mol. The third kappa shape index (κ3) is 3.75. The maximum absolute atomic E-state index is 11.9. The maximum atomic E-state index is 11.9. The van der Waals surface area contributed by atoms with Crippen LogP contribution in [0, 0.1) is 0 Å². The molecule has 126 valence electrons. The first-order valence-electron chi connectivity index (χ1n) is 8.15. The summed E-state index contributed by atoms with van der Waals surface area (Å²) in [5, 5.41) is 12.2. The van der Waals surface area contributed by atoms with Gasteiger partial charge >= 0.3 is 0 Å². The van der Waals surface area contributed by atoms with Crippen molar-refractivity contribution in [1.29, 1.82) is 0 Å². The summed E-state index contributed by atoms with van der Waals surface area (Å²) < 4.78 is 0. The molecule has 0 heterocycles. The fraction of sp³-hybridized carbons (Fsp3) is 0.143. The third-order valence-electron chi connectivity index (χ3n) is 3.95. The van der Waals surface area contributed by atoms with Gasteiger partial charge in [-0.1, -0.05) is 66.7 Å². The van der Waals surface area contributed by atoms with Crippen LogP contribution in [0.5, 0.6) is 0 Å². The first-order chi connectivity index (χ1) is 12.1. The lowest BCUT2D eigenvalue weighted by Crippen LogP contribution is -2.37. The highest BCUT2D eigenvalue weighted by Gasteiger charge is 2.22. The van der Waals surface area contributed by atoms with Crippen molar-refractivity contribution in [2.24, 2.45) is 0 Å². The van der Waals surface area contributed by atoms with Gasteiger partial charge in [0.25, 0.3) is 0 Å². The number of nitrogens with one attached hydrogen (secondary N) is 1. The average Bonchev–Trinajstić information content (AvgIpc) is 2.64. The molecule has 0 saturated carbocycles. The van der Waals surface area contributed by atoms with Gasteiger partial charge in [-0.05, 0) is 23.6 Å². The fourth-order valence-electron chi connectivity index (χ4n) is 2.60. The SMILES string of the molecule is CC(O)CNc1c(-c2ccc(C=Cc3ccccc3)cc2)c(=O)c1=O. The molecule has 1 atom stereocenters. The van der Waals surface area contributed by atoms with Gasteiger partial charge in [-0.25, -0.2) is 0 Å². The van der Waals surface area contributed by atoms with Crippen molar-refractivity contribution in [2.75, 3.05) is 11.9 Å². The van der Waals surface area contributed by atoms with Gasteiger partial charge in [0.05, 0.1) is 17.4 Å². The number of hydrogen-bond acceptors (Lipinski definition) is 4. The van der Waals surface area contributed by atoms with Gasteiger partial charge in [-0.15, -0.1) is 0 Å². The highest BCUT2D eigenvalue weighted by Crippen LogP contribution is 2.24. The molecule has 0 aliphatic rings. The highest BCUT2D eigenvalue weighted by molar-refractivity contribution is 5.82. The first kappa shape index (κ1) is 16.9. The molecule has 0 fully saturated rings. The zero-order chi connectivity index (χ0) is 17.8. The summed E-state index contributed by atoms with van der Waals surface area (Å²) in [6, 6.07) is 17.5. The largest absolute Gasteiger partial charge is 0.392 e. The van der Waals surface area contributed by atoms with Crippen LogP contribution in [0.25, 0.3) is 23.3 Å². The molecule has 0 aromatic heterocycles. The number of aliphatic hydroxyl groups is 1. The molecule has 0 radical (unpaired) electrons. The van der Waals surface area contributed by atoms with Crippen molar-refractivity contribution in [2.45, 2.75) is 13.0 Å². The highest BCUT2D eigenvalue weighted by atomic mass is 16.3. The minimum absolute atomic E-state index is 0.232. The van der Waals surface area contributed by atoms with Gasteiger partial charge in [-0.2, -0.15) is 0 Å². The molecule has 0 bridgehead atoms. The van der Waals surface area contributed by atoms with Gasteiger partial charge in [0.1, 0.15) is 0 Å². The van der Waals surface area contributed by atoms with Gasteiger partial charge in [-0.3, -0.25) is 9.59 Å². The lowest BCUT2D eigenvalue weighted by molar-refractivity contribution is 0.208. The molecule has 0 aliphatic heterocycles. The van der Waals surface area contributed by atoms with E-state index in [9.17, 15) is 14.7 Å².